The summed E-state index contributed by atoms with van der Waals surface area (Å²) in [5, 5.41) is 3.92. The van der Waals surface area contributed by atoms with E-state index in [0.717, 1.165) is 34.8 Å². The Kier molecular flexibility index (Phi) is 6.19. The van der Waals surface area contributed by atoms with E-state index in [1.54, 1.807) is 11.8 Å². The summed E-state index contributed by atoms with van der Waals surface area (Å²) in [6.45, 7) is 1.91. The highest BCUT2D eigenvalue weighted by atomic mass is 32.2. The zero-order valence-corrected chi connectivity index (χ0v) is 15.8. The highest BCUT2D eigenvalue weighted by molar-refractivity contribution is 7.98. The van der Waals surface area contributed by atoms with Crippen LogP contribution in [0.15, 0.2) is 39.8 Å². The Morgan fingerprint density at radius 2 is 1.96 bits per heavy atom. The van der Waals surface area contributed by atoms with Gasteiger partial charge < -0.3 is 9.42 Å². The average Bonchev–Trinajstić information content (AvgIpc) is 2.87. The van der Waals surface area contributed by atoms with Crippen LogP contribution in [0.4, 0.5) is 0 Å². The van der Waals surface area contributed by atoms with E-state index < -0.39 is 0 Å². The molecule has 1 amide bonds. The molecule has 134 valence electrons. The normalized spacial score (nSPS) is 15.8. The van der Waals surface area contributed by atoms with Gasteiger partial charge >= 0.3 is 0 Å². The number of amides is 1. The third kappa shape index (κ3) is 4.66. The van der Waals surface area contributed by atoms with E-state index in [1.165, 1.54) is 25.7 Å². The number of aromatic nitrogens is 1. The Morgan fingerprint density at radius 3 is 2.64 bits per heavy atom. The van der Waals surface area contributed by atoms with Crippen molar-refractivity contribution in [2.24, 2.45) is 0 Å². The quantitative estimate of drug-likeness (QED) is 0.553. The molecule has 1 fully saturated rings. The molecule has 1 aromatic heterocycles. The van der Waals surface area contributed by atoms with Gasteiger partial charge in [0, 0.05) is 24.1 Å². The molecule has 1 aliphatic rings. The number of rotatable bonds is 5. The fourth-order valence-corrected chi connectivity index (χ4v) is 4.32. The van der Waals surface area contributed by atoms with Crippen molar-refractivity contribution in [3.05, 3.63) is 47.3 Å². The van der Waals surface area contributed by atoms with Crippen LogP contribution in [0.1, 0.15) is 60.3 Å². The minimum absolute atomic E-state index is 0.128. The highest BCUT2D eigenvalue weighted by Crippen LogP contribution is 2.29. The van der Waals surface area contributed by atoms with Gasteiger partial charge in [-0.15, -0.1) is 11.8 Å². The van der Waals surface area contributed by atoms with Crippen molar-refractivity contribution >= 4 is 17.7 Å². The van der Waals surface area contributed by atoms with Crippen molar-refractivity contribution in [1.82, 2.24) is 10.1 Å². The molecule has 1 heterocycles. The molecule has 1 saturated carbocycles. The van der Waals surface area contributed by atoms with E-state index in [-0.39, 0.29) is 5.91 Å². The number of nitrogens with zero attached hydrogens (tertiary/aromatic N) is 2. The standard InChI is InChI=1S/C20H26N2O2S/c1-15-13-17(24-21-15)14-25-19-12-8-7-11-18(19)20(23)22(2)16-9-5-3-4-6-10-16/h7-8,11-13,16H,3-6,9-10,14H2,1-2H3. The molecule has 0 unspecified atom stereocenters. The second-order valence-electron chi connectivity index (χ2n) is 6.78. The molecule has 0 radical (unpaired) electrons. The smallest absolute Gasteiger partial charge is 0.254 e. The summed E-state index contributed by atoms with van der Waals surface area (Å²) in [4.78, 5) is 16.0. The molecule has 0 saturated heterocycles. The maximum Gasteiger partial charge on any atom is 0.254 e. The molecule has 25 heavy (non-hydrogen) atoms. The molecule has 0 N–H and O–H groups in total. The topological polar surface area (TPSA) is 46.3 Å². The van der Waals surface area contributed by atoms with E-state index in [1.807, 2.05) is 49.2 Å². The summed E-state index contributed by atoms with van der Waals surface area (Å²) in [6, 6.07) is 10.2. The lowest BCUT2D eigenvalue weighted by atomic mass is 10.1. The first-order valence-corrected chi connectivity index (χ1v) is 10.0. The van der Waals surface area contributed by atoms with Gasteiger partial charge in [0.25, 0.3) is 5.91 Å². The Hall–Kier alpha value is -1.75. The van der Waals surface area contributed by atoms with Crippen molar-refractivity contribution in [2.45, 2.75) is 62.1 Å². The van der Waals surface area contributed by atoms with Crippen LogP contribution in [0.3, 0.4) is 0 Å². The van der Waals surface area contributed by atoms with Crippen LogP contribution < -0.4 is 0 Å². The van der Waals surface area contributed by atoms with Crippen LogP contribution in [-0.2, 0) is 5.75 Å². The first-order chi connectivity index (χ1) is 12.1. The van der Waals surface area contributed by atoms with E-state index in [0.29, 0.717) is 11.8 Å². The maximum atomic E-state index is 13.1. The van der Waals surface area contributed by atoms with Gasteiger partial charge in [-0.3, -0.25) is 4.79 Å². The molecule has 0 bridgehead atoms. The van der Waals surface area contributed by atoms with Crippen LogP contribution in [-0.4, -0.2) is 29.1 Å². The average molecular weight is 359 g/mol. The second kappa shape index (κ2) is 8.56. The number of hydrogen-bond donors (Lipinski definition) is 0. The summed E-state index contributed by atoms with van der Waals surface area (Å²) >= 11 is 1.63. The predicted octanol–water partition coefficient (Wildman–Crippen LogP) is 5.07. The van der Waals surface area contributed by atoms with Crippen molar-refractivity contribution in [3.63, 3.8) is 0 Å². The van der Waals surface area contributed by atoms with Gasteiger partial charge in [-0.05, 0) is 31.9 Å². The minimum Gasteiger partial charge on any atom is -0.360 e. The molecular formula is C20H26N2O2S. The van der Waals surface area contributed by atoms with Gasteiger partial charge in [0.2, 0.25) is 0 Å². The van der Waals surface area contributed by atoms with Crippen LogP contribution in [0.25, 0.3) is 0 Å². The van der Waals surface area contributed by atoms with Crippen molar-refractivity contribution in [1.29, 1.82) is 0 Å². The van der Waals surface area contributed by atoms with Gasteiger partial charge in [-0.1, -0.05) is 43.0 Å². The molecule has 0 atom stereocenters. The predicted molar refractivity (Wildman–Crippen MR) is 101 cm³/mol. The van der Waals surface area contributed by atoms with Crippen molar-refractivity contribution in [2.75, 3.05) is 7.05 Å². The lowest BCUT2D eigenvalue weighted by Gasteiger charge is -2.28. The molecule has 2 aromatic rings. The number of carbonyl (C=O) groups is 1. The van der Waals surface area contributed by atoms with Gasteiger partial charge in [0.15, 0.2) is 0 Å². The lowest BCUT2D eigenvalue weighted by molar-refractivity contribution is 0.0714. The van der Waals surface area contributed by atoms with E-state index in [9.17, 15) is 4.79 Å². The third-order valence-electron chi connectivity index (χ3n) is 4.86. The fraction of sp³-hybridized carbons (Fsp3) is 0.500. The summed E-state index contributed by atoms with van der Waals surface area (Å²) < 4.78 is 5.28. The largest absolute Gasteiger partial charge is 0.360 e. The second-order valence-corrected chi connectivity index (χ2v) is 7.80. The summed E-state index contributed by atoms with van der Waals surface area (Å²) in [5.74, 6) is 1.64. The number of aryl methyl sites for hydroxylation is 1. The number of benzene rings is 1. The van der Waals surface area contributed by atoms with E-state index in [2.05, 4.69) is 5.16 Å². The Balaban J connectivity index is 1.71. The van der Waals surface area contributed by atoms with E-state index >= 15 is 0 Å². The number of carbonyl (C=O) groups excluding carboxylic acids is 1. The van der Waals surface area contributed by atoms with Crippen LogP contribution in [0.5, 0.6) is 0 Å². The molecular weight excluding hydrogens is 332 g/mol. The molecule has 3 rings (SSSR count). The van der Waals surface area contributed by atoms with Gasteiger partial charge in [0.1, 0.15) is 5.76 Å². The minimum atomic E-state index is 0.128. The molecule has 4 nitrogen and oxygen atoms in total. The highest BCUT2D eigenvalue weighted by Gasteiger charge is 2.23. The van der Waals surface area contributed by atoms with Crippen LogP contribution >= 0.6 is 11.8 Å². The molecule has 0 aliphatic heterocycles. The van der Waals surface area contributed by atoms with Gasteiger partial charge in [-0.25, -0.2) is 0 Å². The van der Waals surface area contributed by atoms with Gasteiger partial charge in [0.05, 0.1) is 17.0 Å². The Bertz CT molecular complexity index is 705. The first-order valence-electron chi connectivity index (χ1n) is 9.06. The molecule has 1 aliphatic carbocycles. The zero-order valence-electron chi connectivity index (χ0n) is 15.0. The van der Waals surface area contributed by atoms with Crippen LogP contribution in [0.2, 0.25) is 0 Å². The zero-order chi connectivity index (χ0) is 17.6. The SMILES string of the molecule is Cc1cc(CSc2ccccc2C(=O)N(C)C2CCCCCC2)on1. The summed E-state index contributed by atoms with van der Waals surface area (Å²) in [6.07, 6.45) is 7.28. The Morgan fingerprint density at radius 1 is 1.24 bits per heavy atom. The van der Waals surface area contributed by atoms with Gasteiger partial charge in [-0.2, -0.15) is 0 Å². The number of hydrogen-bond acceptors (Lipinski definition) is 4. The molecule has 1 aromatic carbocycles. The maximum absolute atomic E-state index is 13.1. The van der Waals surface area contributed by atoms with Crippen molar-refractivity contribution in [3.8, 4) is 0 Å². The van der Waals surface area contributed by atoms with Crippen LogP contribution in [0, 0.1) is 6.92 Å². The Labute approximate surface area is 154 Å². The lowest BCUT2D eigenvalue weighted by Crippen LogP contribution is -2.37. The third-order valence-corrected chi connectivity index (χ3v) is 5.95. The van der Waals surface area contributed by atoms with E-state index in [4.69, 9.17) is 4.52 Å². The summed E-state index contributed by atoms with van der Waals surface area (Å²) in [7, 11) is 1.96. The summed E-state index contributed by atoms with van der Waals surface area (Å²) in [5.41, 5.74) is 1.67. The van der Waals surface area contributed by atoms with Crippen molar-refractivity contribution < 1.29 is 9.32 Å². The number of thioether (sulfide) groups is 1. The first kappa shape index (κ1) is 18.1. The molecule has 0 spiro atoms. The fourth-order valence-electron chi connectivity index (χ4n) is 3.40. The monoisotopic (exact) mass is 358 g/mol. The molecule has 5 heteroatoms.